The van der Waals surface area contributed by atoms with E-state index in [0.717, 1.165) is 19.4 Å². The van der Waals surface area contributed by atoms with Gasteiger partial charge in [0.05, 0.1) is 12.1 Å². The van der Waals surface area contributed by atoms with E-state index in [1.54, 1.807) is 0 Å². The highest BCUT2D eigenvalue weighted by Crippen LogP contribution is 2.30. The Bertz CT molecular complexity index is 468. The number of hydrogen-bond acceptors (Lipinski definition) is 3. The summed E-state index contributed by atoms with van der Waals surface area (Å²) in [6, 6.07) is 10.3. The van der Waals surface area contributed by atoms with E-state index in [2.05, 4.69) is 36.3 Å². The van der Waals surface area contributed by atoms with E-state index >= 15 is 0 Å². The van der Waals surface area contributed by atoms with Crippen LogP contribution >= 0.6 is 12.4 Å². The van der Waals surface area contributed by atoms with Crippen molar-refractivity contribution in [2.24, 2.45) is 11.7 Å². The second kappa shape index (κ2) is 8.51. The molecule has 2 rings (SSSR count). The largest absolute Gasteiger partial charge is 0.350 e. The van der Waals surface area contributed by atoms with Crippen molar-refractivity contribution >= 4 is 18.3 Å². The average molecular weight is 326 g/mol. The van der Waals surface area contributed by atoms with Crippen LogP contribution in [-0.2, 0) is 4.79 Å². The number of likely N-dealkylation sites (N-methyl/N-ethyl adjacent to an activating group) is 1. The minimum Gasteiger partial charge on any atom is -0.350 e. The molecule has 0 bridgehead atoms. The fourth-order valence-corrected chi connectivity index (χ4v) is 3.03. The Labute approximate surface area is 139 Å². The molecule has 1 aromatic rings. The Balaban J connectivity index is 0.00000242. The fourth-order valence-electron chi connectivity index (χ4n) is 3.03. The first kappa shape index (κ1) is 18.9. The van der Waals surface area contributed by atoms with E-state index in [0.29, 0.717) is 0 Å². The number of carbonyl (C=O) groups excluding carboxylic acids is 1. The van der Waals surface area contributed by atoms with E-state index in [1.165, 1.54) is 5.56 Å². The van der Waals surface area contributed by atoms with Crippen LogP contribution < -0.4 is 11.1 Å². The molecule has 0 spiro atoms. The zero-order chi connectivity index (χ0) is 15.4. The summed E-state index contributed by atoms with van der Waals surface area (Å²) in [5.74, 6) is 0.185. The number of carbonyl (C=O) groups is 1. The highest BCUT2D eigenvalue weighted by atomic mass is 35.5. The predicted molar refractivity (Wildman–Crippen MR) is 93.0 cm³/mol. The molecule has 0 aliphatic carbocycles. The van der Waals surface area contributed by atoms with Gasteiger partial charge in [0.2, 0.25) is 5.91 Å². The number of nitrogens with zero attached hydrogens (tertiary/aromatic N) is 1. The normalized spacial score (nSPS) is 24.4. The van der Waals surface area contributed by atoms with E-state index < -0.39 is 6.04 Å². The van der Waals surface area contributed by atoms with Crippen LogP contribution in [0.15, 0.2) is 30.3 Å². The summed E-state index contributed by atoms with van der Waals surface area (Å²) in [5, 5.41) is 3.17. The lowest BCUT2D eigenvalue weighted by molar-refractivity contribution is -0.124. The van der Waals surface area contributed by atoms with Gasteiger partial charge in [0.25, 0.3) is 0 Å². The Morgan fingerprint density at radius 1 is 1.41 bits per heavy atom. The van der Waals surface area contributed by atoms with Crippen LogP contribution in [0.4, 0.5) is 0 Å². The van der Waals surface area contributed by atoms with Gasteiger partial charge < -0.3 is 11.1 Å². The zero-order valence-electron chi connectivity index (χ0n) is 13.7. The zero-order valence-corrected chi connectivity index (χ0v) is 14.5. The monoisotopic (exact) mass is 325 g/mol. The van der Waals surface area contributed by atoms with Gasteiger partial charge in [0.1, 0.15) is 0 Å². The van der Waals surface area contributed by atoms with Gasteiger partial charge in [-0.05, 0) is 24.9 Å². The number of nitrogens with one attached hydrogen (secondary N) is 1. The molecule has 22 heavy (non-hydrogen) atoms. The Kier molecular flexibility index (Phi) is 7.33. The van der Waals surface area contributed by atoms with Crippen molar-refractivity contribution in [2.75, 3.05) is 13.6 Å². The number of likely N-dealkylation sites (tertiary alicyclic amines) is 1. The molecule has 1 aromatic carbocycles. The minimum atomic E-state index is -0.419. The molecule has 4 unspecified atom stereocenters. The Morgan fingerprint density at radius 2 is 2.05 bits per heavy atom. The van der Waals surface area contributed by atoms with Gasteiger partial charge in [-0.15, -0.1) is 12.4 Å². The highest BCUT2D eigenvalue weighted by molar-refractivity contribution is 5.85. The van der Waals surface area contributed by atoms with E-state index in [-0.39, 0.29) is 36.3 Å². The van der Waals surface area contributed by atoms with E-state index in [4.69, 9.17) is 5.73 Å². The van der Waals surface area contributed by atoms with Crippen molar-refractivity contribution in [3.05, 3.63) is 35.9 Å². The Morgan fingerprint density at radius 3 is 2.64 bits per heavy atom. The van der Waals surface area contributed by atoms with Crippen molar-refractivity contribution < 1.29 is 4.79 Å². The van der Waals surface area contributed by atoms with Gasteiger partial charge in [-0.3, -0.25) is 9.69 Å². The van der Waals surface area contributed by atoms with Gasteiger partial charge in [0.15, 0.2) is 0 Å². The molecule has 1 aliphatic heterocycles. The van der Waals surface area contributed by atoms with Crippen LogP contribution in [0.5, 0.6) is 0 Å². The van der Waals surface area contributed by atoms with Crippen LogP contribution in [-0.4, -0.2) is 36.5 Å². The summed E-state index contributed by atoms with van der Waals surface area (Å²) in [4.78, 5) is 14.6. The average Bonchev–Trinajstić information content (AvgIpc) is 2.87. The SMILES string of the molecule is CCC(C)C(N)C(=O)NC1CCN(C)C1c1ccccc1.Cl. The molecule has 0 saturated carbocycles. The summed E-state index contributed by atoms with van der Waals surface area (Å²) in [7, 11) is 2.11. The standard InChI is InChI=1S/C17H27N3O.ClH/c1-4-12(2)15(18)17(21)19-14-10-11-20(3)16(14)13-8-6-5-7-9-13;/h5-9,12,14-16H,4,10-11,18H2,1-3H3,(H,19,21);1H. The topological polar surface area (TPSA) is 58.4 Å². The number of nitrogens with two attached hydrogens (primary N) is 1. The van der Waals surface area contributed by atoms with E-state index in [1.807, 2.05) is 25.1 Å². The van der Waals surface area contributed by atoms with Crippen LogP contribution in [0.3, 0.4) is 0 Å². The molecule has 0 radical (unpaired) electrons. The lowest BCUT2D eigenvalue weighted by atomic mass is 9.97. The maximum absolute atomic E-state index is 12.3. The summed E-state index contributed by atoms with van der Waals surface area (Å²) >= 11 is 0. The Hall–Kier alpha value is -1.10. The van der Waals surface area contributed by atoms with Gasteiger partial charge in [-0.1, -0.05) is 50.6 Å². The summed E-state index contributed by atoms with van der Waals surface area (Å²) in [5.41, 5.74) is 7.29. The summed E-state index contributed by atoms with van der Waals surface area (Å²) < 4.78 is 0. The van der Waals surface area contributed by atoms with Crippen LogP contribution in [0, 0.1) is 5.92 Å². The number of hydrogen-bond donors (Lipinski definition) is 2. The van der Waals surface area contributed by atoms with Gasteiger partial charge in [-0.25, -0.2) is 0 Å². The molecular weight excluding hydrogens is 298 g/mol. The molecule has 1 saturated heterocycles. The molecule has 3 N–H and O–H groups in total. The van der Waals surface area contributed by atoms with Crippen LogP contribution in [0.1, 0.15) is 38.3 Å². The first-order valence-corrected chi connectivity index (χ1v) is 7.85. The lowest BCUT2D eigenvalue weighted by Crippen LogP contribution is -2.49. The molecule has 5 heteroatoms. The van der Waals surface area contributed by atoms with Crippen molar-refractivity contribution in [2.45, 2.75) is 44.8 Å². The molecule has 1 amide bonds. The van der Waals surface area contributed by atoms with Crippen molar-refractivity contribution in [1.29, 1.82) is 0 Å². The third-order valence-electron chi connectivity index (χ3n) is 4.68. The van der Waals surface area contributed by atoms with Crippen molar-refractivity contribution in [3.8, 4) is 0 Å². The predicted octanol–water partition coefficient (Wildman–Crippen LogP) is 2.34. The van der Waals surface area contributed by atoms with Crippen LogP contribution in [0.2, 0.25) is 0 Å². The molecule has 1 heterocycles. The van der Waals surface area contributed by atoms with Crippen molar-refractivity contribution in [3.63, 3.8) is 0 Å². The second-order valence-electron chi connectivity index (χ2n) is 6.15. The highest BCUT2D eigenvalue weighted by Gasteiger charge is 2.35. The number of benzene rings is 1. The number of rotatable bonds is 5. The quantitative estimate of drug-likeness (QED) is 0.873. The molecule has 1 aliphatic rings. The number of amides is 1. The smallest absolute Gasteiger partial charge is 0.237 e. The fraction of sp³-hybridized carbons (Fsp3) is 0.588. The first-order valence-electron chi connectivity index (χ1n) is 7.85. The van der Waals surface area contributed by atoms with Crippen LogP contribution in [0.25, 0.3) is 0 Å². The minimum absolute atomic E-state index is 0. The molecule has 4 nitrogen and oxygen atoms in total. The second-order valence-corrected chi connectivity index (χ2v) is 6.15. The van der Waals surface area contributed by atoms with Crippen molar-refractivity contribution in [1.82, 2.24) is 10.2 Å². The lowest BCUT2D eigenvalue weighted by Gasteiger charge is -2.28. The molecular formula is C17H28ClN3O. The maximum atomic E-state index is 12.3. The molecule has 124 valence electrons. The molecule has 1 fully saturated rings. The number of halogens is 1. The summed E-state index contributed by atoms with van der Waals surface area (Å²) in [6.45, 7) is 5.08. The van der Waals surface area contributed by atoms with Gasteiger partial charge >= 0.3 is 0 Å². The third kappa shape index (κ3) is 4.22. The molecule has 0 aromatic heterocycles. The van der Waals surface area contributed by atoms with Gasteiger partial charge in [0, 0.05) is 12.6 Å². The maximum Gasteiger partial charge on any atom is 0.237 e. The van der Waals surface area contributed by atoms with Gasteiger partial charge in [-0.2, -0.15) is 0 Å². The summed E-state index contributed by atoms with van der Waals surface area (Å²) in [6.07, 6.45) is 1.89. The molecule has 4 atom stereocenters. The first-order chi connectivity index (χ1) is 10.0. The third-order valence-corrected chi connectivity index (χ3v) is 4.68. The van der Waals surface area contributed by atoms with E-state index in [9.17, 15) is 4.79 Å².